The van der Waals surface area contributed by atoms with Crippen molar-refractivity contribution in [2.75, 3.05) is 19.6 Å². The monoisotopic (exact) mass is 305 g/mol. The molecule has 1 saturated heterocycles. The Hall–Kier alpha value is -1.17. The highest BCUT2D eigenvalue weighted by atomic mass is 32.1. The highest BCUT2D eigenvalue weighted by Crippen LogP contribution is 2.26. The molecule has 1 aliphatic rings. The van der Waals surface area contributed by atoms with Crippen molar-refractivity contribution in [3.63, 3.8) is 0 Å². The average molecular weight is 305 g/mol. The molecule has 1 fully saturated rings. The lowest BCUT2D eigenvalue weighted by Gasteiger charge is -2.26. The maximum absolute atomic E-state index is 5.87. The zero-order valence-electron chi connectivity index (χ0n) is 12.8. The van der Waals surface area contributed by atoms with E-state index >= 15 is 0 Å². The maximum Gasteiger partial charge on any atom is 0.122 e. The van der Waals surface area contributed by atoms with Crippen LogP contribution in [-0.4, -0.2) is 29.5 Å². The second-order valence-corrected chi connectivity index (χ2v) is 7.00. The fourth-order valence-electron chi connectivity index (χ4n) is 2.91. The fourth-order valence-corrected chi connectivity index (χ4v) is 3.68. The van der Waals surface area contributed by atoms with Crippen molar-refractivity contribution in [3.8, 4) is 0 Å². The summed E-state index contributed by atoms with van der Waals surface area (Å²) in [6.45, 7) is 8.21. The van der Waals surface area contributed by atoms with Crippen LogP contribution in [-0.2, 0) is 6.54 Å². The van der Waals surface area contributed by atoms with Crippen molar-refractivity contribution in [1.29, 1.82) is 0 Å². The van der Waals surface area contributed by atoms with Crippen LogP contribution in [0.1, 0.15) is 40.3 Å². The number of rotatable bonds is 6. The van der Waals surface area contributed by atoms with Crippen LogP contribution in [0.2, 0.25) is 0 Å². The van der Waals surface area contributed by atoms with Gasteiger partial charge in [0.05, 0.1) is 11.0 Å². The van der Waals surface area contributed by atoms with E-state index in [1.807, 2.05) is 20.0 Å². The van der Waals surface area contributed by atoms with Gasteiger partial charge in [0.25, 0.3) is 0 Å². The molecule has 0 radical (unpaired) electrons. The minimum atomic E-state index is 0.343. The predicted molar refractivity (Wildman–Crippen MR) is 85.6 cm³/mol. The standard InChI is InChI=1S/C16H23N3OS/c1-12-5-6-16(20-12)15(19-7-3-4-8-19)11-17-9-14-10-18-13(2)21-14/h5-6,10,15,17H,3-4,7-9,11H2,1-2H3. The van der Waals surface area contributed by atoms with Crippen molar-refractivity contribution in [1.82, 2.24) is 15.2 Å². The lowest BCUT2D eigenvalue weighted by molar-refractivity contribution is 0.207. The average Bonchev–Trinajstić information content (AvgIpc) is 3.17. The molecule has 2 aromatic rings. The molecule has 1 N–H and O–H groups in total. The van der Waals surface area contributed by atoms with Gasteiger partial charge in [0.15, 0.2) is 0 Å². The Balaban J connectivity index is 1.62. The molecule has 5 heteroatoms. The van der Waals surface area contributed by atoms with Gasteiger partial charge in [0, 0.05) is 24.2 Å². The van der Waals surface area contributed by atoms with E-state index in [9.17, 15) is 0 Å². The molecule has 0 spiro atoms. The molecule has 1 aliphatic heterocycles. The molecule has 0 saturated carbocycles. The number of thiazole rings is 1. The highest BCUT2D eigenvalue weighted by Gasteiger charge is 2.25. The van der Waals surface area contributed by atoms with Crippen LogP contribution in [0.4, 0.5) is 0 Å². The fraction of sp³-hybridized carbons (Fsp3) is 0.562. The first-order valence-electron chi connectivity index (χ1n) is 7.65. The van der Waals surface area contributed by atoms with Gasteiger partial charge >= 0.3 is 0 Å². The molecular weight excluding hydrogens is 282 g/mol. The zero-order chi connectivity index (χ0) is 14.7. The van der Waals surface area contributed by atoms with Gasteiger partial charge in [-0.1, -0.05) is 0 Å². The summed E-state index contributed by atoms with van der Waals surface area (Å²) in [7, 11) is 0. The summed E-state index contributed by atoms with van der Waals surface area (Å²) in [6, 6.07) is 4.53. The van der Waals surface area contributed by atoms with E-state index in [-0.39, 0.29) is 0 Å². The van der Waals surface area contributed by atoms with Gasteiger partial charge in [-0.05, 0) is 51.9 Å². The third-order valence-corrected chi connectivity index (χ3v) is 4.89. The number of likely N-dealkylation sites (tertiary alicyclic amines) is 1. The van der Waals surface area contributed by atoms with Crippen LogP contribution in [0.25, 0.3) is 0 Å². The first-order chi connectivity index (χ1) is 10.2. The van der Waals surface area contributed by atoms with Gasteiger partial charge in [-0.15, -0.1) is 11.3 Å². The number of hydrogen-bond acceptors (Lipinski definition) is 5. The molecule has 3 heterocycles. The first kappa shape index (κ1) is 14.8. The summed E-state index contributed by atoms with van der Waals surface area (Å²) in [4.78, 5) is 8.13. The summed E-state index contributed by atoms with van der Waals surface area (Å²) in [5.74, 6) is 2.08. The van der Waals surface area contributed by atoms with Crippen molar-refractivity contribution >= 4 is 11.3 Å². The normalized spacial score (nSPS) is 17.4. The molecule has 3 rings (SSSR count). The van der Waals surface area contributed by atoms with Crippen LogP contribution in [0, 0.1) is 13.8 Å². The second-order valence-electron chi connectivity index (χ2n) is 5.68. The lowest BCUT2D eigenvalue weighted by Crippen LogP contribution is -2.33. The molecule has 1 unspecified atom stereocenters. The smallest absolute Gasteiger partial charge is 0.122 e. The first-order valence-corrected chi connectivity index (χ1v) is 8.46. The highest BCUT2D eigenvalue weighted by molar-refractivity contribution is 7.11. The van der Waals surface area contributed by atoms with Crippen LogP contribution < -0.4 is 5.32 Å². The van der Waals surface area contributed by atoms with Gasteiger partial charge < -0.3 is 9.73 Å². The number of furan rings is 1. The Morgan fingerprint density at radius 1 is 1.33 bits per heavy atom. The van der Waals surface area contributed by atoms with Gasteiger partial charge in [-0.2, -0.15) is 0 Å². The Bertz CT molecular complexity index is 572. The van der Waals surface area contributed by atoms with Crippen molar-refractivity contribution in [3.05, 3.63) is 39.7 Å². The minimum Gasteiger partial charge on any atom is -0.465 e. The van der Waals surface area contributed by atoms with Crippen LogP contribution in [0.5, 0.6) is 0 Å². The molecule has 0 aliphatic carbocycles. The minimum absolute atomic E-state index is 0.343. The number of nitrogens with zero attached hydrogens (tertiary/aromatic N) is 2. The zero-order valence-corrected chi connectivity index (χ0v) is 13.6. The van der Waals surface area contributed by atoms with E-state index in [0.717, 1.165) is 29.6 Å². The Morgan fingerprint density at radius 2 is 2.14 bits per heavy atom. The van der Waals surface area contributed by atoms with E-state index in [1.54, 1.807) is 11.3 Å². The van der Waals surface area contributed by atoms with Crippen LogP contribution in [0.3, 0.4) is 0 Å². The van der Waals surface area contributed by atoms with Gasteiger partial charge in [0.1, 0.15) is 11.5 Å². The topological polar surface area (TPSA) is 41.3 Å². The van der Waals surface area contributed by atoms with Crippen LogP contribution in [0.15, 0.2) is 22.7 Å². The Kier molecular flexibility index (Phi) is 4.73. The van der Waals surface area contributed by atoms with Gasteiger partial charge in [-0.3, -0.25) is 4.90 Å². The Morgan fingerprint density at radius 3 is 2.76 bits per heavy atom. The summed E-state index contributed by atoms with van der Waals surface area (Å²) >= 11 is 1.76. The van der Waals surface area contributed by atoms with E-state index in [4.69, 9.17) is 4.42 Å². The lowest BCUT2D eigenvalue weighted by atomic mass is 10.2. The van der Waals surface area contributed by atoms with Crippen molar-refractivity contribution in [2.24, 2.45) is 0 Å². The van der Waals surface area contributed by atoms with Crippen molar-refractivity contribution < 1.29 is 4.42 Å². The summed E-state index contributed by atoms with van der Waals surface area (Å²) in [6.07, 6.45) is 4.56. The van der Waals surface area contributed by atoms with E-state index < -0.39 is 0 Å². The summed E-state index contributed by atoms with van der Waals surface area (Å²) < 4.78 is 5.87. The van der Waals surface area contributed by atoms with E-state index in [0.29, 0.717) is 6.04 Å². The third kappa shape index (κ3) is 3.73. The van der Waals surface area contributed by atoms with E-state index in [1.165, 1.54) is 30.8 Å². The predicted octanol–water partition coefficient (Wildman–Crippen LogP) is 3.28. The SMILES string of the molecule is Cc1ccc(C(CNCc2cnc(C)s2)N2CCCC2)o1. The quantitative estimate of drug-likeness (QED) is 0.889. The van der Waals surface area contributed by atoms with Crippen LogP contribution >= 0.6 is 11.3 Å². The molecule has 1 atom stereocenters. The molecule has 0 bridgehead atoms. The van der Waals surface area contributed by atoms with Crippen molar-refractivity contribution in [2.45, 2.75) is 39.3 Å². The molecule has 0 aromatic carbocycles. The second kappa shape index (κ2) is 6.73. The summed E-state index contributed by atoms with van der Waals surface area (Å²) in [5.41, 5.74) is 0. The molecular formula is C16H23N3OS. The summed E-state index contributed by atoms with van der Waals surface area (Å²) in [5, 5.41) is 4.70. The third-order valence-electron chi connectivity index (χ3n) is 3.98. The number of hydrogen-bond donors (Lipinski definition) is 1. The number of aromatic nitrogens is 1. The largest absolute Gasteiger partial charge is 0.465 e. The molecule has 21 heavy (non-hydrogen) atoms. The Labute approximate surface area is 130 Å². The number of nitrogens with one attached hydrogen (secondary N) is 1. The molecule has 2 aromatic heterocycles. The molecule has 0 amide bonds. The van der Waals surface area contributed by atoms with Gasteiger partial charge in [0.2, 0.25) is 0 Å². The number of aryl methyl sites for hydroxylation is 2. The molecule has 4 nitrogen and oxygen atoms in total. The van der Waals surface area contributed by atoms with Gasteiger partial charge in [-0.25, -0.2) is 4.98 Å². The molecule has 114 valence electrons. The van der Waals surface area contributed by atoms with E-state index in [2.05, 4.69) is 27.3 Å². The maximum atomic E-state index is 5.87.